The van der Waals surface area contributed by atoms with Crippen molar-refractivity contribution in [3.63, 3.8) is 0 Å². The molecule has 2 aliphatic heterocycles. The van der Waals surface area contributed by atoms with E-state index in [4.69, 9.17) is 9.57 Å². The molecule has 1 aromatic rings. The second kappa shape index (κ2) is 12.9. The van der Waals surface area contributed by atoms with Gasteiger partial charge in [0.15, 0.2) is 0 Å². The number of rotatable bonds is 14. The summed E-state index contributed by atoms with van der Waals surface area (Å²) in [6.45, 7) is 9.90. The zero-order valence-corrected chi connectivity index (χ0v) is 18.9. The van der Waals surface area contributed by atoms with Gasteiger partial charge >= 0.3 is 0 Å². The fourth-order valence-electron chi connectivity index (χ4n) is 4.15. The van der Waals surface area contributed by atoms with E-state index >= 15 is 0 Å². The maximum Gasteiger partial charge on any atom is 0.261 e. The van der Waals surface area contributed by atoms with E-state index in [1.54, 1.807) is 12.1 Å². The van der Waals surface area contributed by atoms with E-state index in [9.17, 15) is 9.59 Å². The van der Waals surface area contributed by atoms with Crippen LogP contribution >= 0.6 is 0 Å². The molecular weight excluding hydrogens is 394 g/mol. The van der Waals surface area contributed by atoms with Crippen molar-refractivity contribution in [2.75, 3.05) is 59.1 Å². The molecule has 2 aliphatic rings. The number of morpholine rings is 1. The van der Waals surface area contributed by atoms with Gasteiger partial charge in [0.25, 0.3) is 11.8 Å². The van der Waals surface area contributed by atoms with Crippen molar-refractivity contribution in [2.24, 2.45) is 0 Å². The Morgan fingerprint density at radius 2 is 1.52 bits per heavy atom. The first-order chi connectivity index (χ1) is 15.2. The van der Waals surface area contributed by atoms with Gasteiger partial charge in [-0.25, -0.2) is 0 Å². The van der Waals surface area contributed by atoms with Crippen LogP contribution in [0.5, 0.6) is 0 Å². The Kier molecular flexibility index (Phi) is 9.93. The van der Waals surface area contributed by atoms with Crippen LogP contribution in [0, 0.1) is 0 Å². The van der Waals surface area contributed by atoms with Gasteiger partial charge in [-0.1, -0.05) is 44.7 Å². The summed E-state index contributed by atoms with van der Waals surface area (Å²) in [4.78, 5) is 34.4. The highest BCUT2D eigenvalue weighted by molar-refractivity contribution is 6.21. The minimum atomic E-state index is -0.145. The van der Waals surface area contributed by atoms with Gasteiger partial charge in [-0.15, -0.1) is 0 Å². The smallest absolute Gasteiger partial charge is 0.261 e. The van der Waals surface area contributed by atoms with Crippen molar-refractivity contribution in [3.05, 3.63) is 35.4 Å². The Hall–Kier alpha value is -1.80. The van der Waals surface area contributed by atoms with Crippen LogP contribution in [0.1, 0.15) is 66.2 Å². The molecule has 0 bridgehead atoms. The molecule has 2 amide bonds. The number of carbonyl (C=O) groups excluding carboxylic acids is 2. The minimum absolute atomic E-state index is 0.145. The lowest BCUT2D eigenvalue weighted by atomic mass is 10.1. The van der Waals surface area contributed by atoms with Gasteiger partial charge in [0.1, 0.15) is 0 Å². The number of hydrogen-bond donors (Lipinski definition) is 0. The summed E-state index contributed by atoms with van der Waals surface area (Å²) in [6.07, 6.45) is 6.53. The summed E-state index contributed by atoms with van der Waals surface area (Å²) >= 11 is 0. The molecule has 7 heteroatoms. The first-order valence-corrected chi connectivity index (χ1v) is 11.8. The maximum atomic E-state index is 12.3. The lowest BCUT2D eigenvalue weighted by Crippen LogP contribution is -2.39. The molecule has 0 N–H and O–H groups in total. The van der Waals surface area contributed by atoms with E-state index in [0.29, 0.717) is 17.7 Å². The van der Waals surface area contributed by atoms with Gasteiger partial charge in [-0.3, -0.25) is 24.2 Å². The molecule has 2 heterocycles. The molecule has 1 aromatic carbocycles. The van der Waals surface area contributed by atoms with Crippen LogP contribution in [0.25, 0.3) is 0 Å². The number of ether oxygens (including phenoxy) is 1. The number of unbranched alkanes of at least 4 members (excludes halogenated alkanes) is 5. The molecule has 31 heavy (non-hydrogen) atoms. The number of fused-ring (bicyclic) bond motifs is 1. The number of carbonyl (C=O) groups is 2. The van der Waals surface area contributed by atoms with Crippen LogP contribution in [0.2, 0.25) is 0 Å². The maximum absolute atomic E-state index is 12.3. The van der Waals surface area contributed by atoms with E-state index in [0.717, 1.165) is 78.2 Å². The number of amides is 2. The normalized spacial score (nSPS) is 17.0. The molecule has 0 atom stereocenters. The van der Waals surface area contributed by atoms with Crippen molar-refractivity contribution >= 4 is 11.8 Å². The number of imide groups is 1. The average molecular weight is 432 g/mol. The molecule has 0 radical (unpaired) electrons. The summed E-state index contributed by atoms with van der Waals surface area (Å²) in [5.41, 5.74) is 1.08. The molecule has 7 nitrogen and oxygen atoms in total. The third kappa shape index (κ3) is 7.10. The standard InChI is InChI=1S/C24H37N3O4/c1-2-26(31-20-17-25-15-18-30-19-16-25)13-9-5-3-4-6-10-14-27-23(28)21-11-7-8-12-22(21)24(27)29/h7-8,11-12H,2-6,9-10,13-20H2,1H3. The predicted molar refractivity (Wildman–Crippen MR) is 120 cm³/mol. The summed E-state index contributed by atoms with van der Waals surface area (Å²) in [5.74, 6) is -0.289. The molecule has 0 spiro atoms. The van der Waals surface area contributed by atoms with Crippen LogP contribution in [0.4, 0.5) is 0 Å². The number of hydrogen-bond acceptors (Lipinski definition) is 6. The molecule has 3 rings (SSSR count). The first kappa shape index (κ1) is 23.9. The molecule has 0 aliphatic carbocycles. The summed E-state index contributed by atoms with van der Waals surface area (Å²) in [5, 5.41) is 2.07. The van der Waals surface area contributed by atoms with Crippen molar-refractivity contribution in [1.82, 2.24) is 14.9 Å². The SMILES string of the molecule is CCN(CCCCCCCCN1C(=O)c2ccccc2C1=O)OCCN1CCOCC1. The van der Waals surface area contributed by atoms with Crippen LogP contribution in [-0.2, 0) is 9.57 Å². The van der Waals surface area contributed by atoms with Crippen molar-refractivity contribution in [1.29, 1.82) is 0 Å². The highest BCUT2D eigenvalue weighted by atomic mass is 16.7. The Balaban J connectivity index is 1.19. The van der Waals surface area contributed by atoms with Crippen molar-refractivity contribution < 1.29 is 19.2 Å². The Labute approximate surface area is 186 Å². The number of nitrogens with zero attached hydrogens (tertiary/aromatic N) is 3. The van der Waals surface area contributed by atoms with E-state index in [-0.39, 0.29) is 11.8 Å². The van der Waals surface area contributed by atoms with Crippen LogP contribution in [0.3, 0.4) is 0 Å². The van der Waals surface area contributed by atoms with Gasteiger partial charge < -0.3 is 4.74 Å². The van der Waals surface area contributed by atoms with Crippen LogP contribution in [-0.4, -0.2) is 85.8 Å². The van der Waals surface area contributed by atoms with Gasteiger partial charge in [-0.2, -0.15) is 5.06 Å². The molecule has 172 valence electrons. The van der Waals surface area contributed by atoms with E-state index in [2.05, 4.69) is 16.9 Å². The molecule has 0 saturated carbocycles. The summed E-state index contributed by atoms with van der Waals surface area (Å²) in [7, 11) is 0. The Morgan fingerprint density at radius 1 is 0.903 bits per heavy atom. The van der Waals surface area contributed by atoms with Gasteiger partial charge in [0.2, 0.25) is 0 Å². The first-order valence-electron chi connectivity index (χ1n) is 11.8. The molecular formula is C24H37N3O4. The third-order valence-electron chi connectivity index (χ3n) is 6.06. The minimum Gasteiger partial charge on any atom is -0.379 e. The van der Waals surface area contributed by atoms with E-state index in [1.165, 1.54) is 17.7 Å². The molecule has 0 aromatic heterocycles. The topological polar surface area (TPSA) is 62.3 Å². The van der Waals surface area contributed by atoms with Gasteiger partial charge in [0, 0.05) is 39.3 Å². The quantitative estimate of drug-likeness (QED) is 0.256. The number of hydroxylamine groups is 2. The monoisotopic (exact) mass is 431 g/mol. The Morgan fingerprint density at radius 3 is 2.16 bits per heavy atom. The second-order valence-electron chi connectivity index (χ2n) is 8.24. The highest BCUT2D eigenvalue weighted by Crippen LogP contribution is 2.22. The van der Waals surface area contributed by atoms with E-state index in [1.807, 2.05) is 12.1 Å². The summed E-state index contributed by atoms with van der Waals surface area (Å²) in [6, 6.07) is 7.09. The van der Waals surface area contributed by atoms with Crippen LogP contribution < -0.4 is 0 Å². The zero-order chi connectivity index (χ0) is 21.9. The zero-order valence-electron chi connectivity index (χ0n) is 18.9. The largest absolute Gasteiger partial charge is 0.379 e. The lowest BCUT2D eigenvalue weighted by Gasteiger charge is -2.27. The molecule has 1 saturated heterocycles. The van der Waals surface area contributed by atoms with Crippen LogP contribution in [0.15, 0.2) is 24.3 Å². The third-order valence-corrected chi connectivity index (χ3v) is 6.06. The molecule has 1 fully saturated rings. The second-order valence-corrected chi connectivity index (χ2v) is 8.24. The predicted octanol–water partition coefficient (Wildman–Crippen LogP) is 3.21. The average Bonchev–Trinajstić information content (AvgIpc) is 3.05. The highest BCUT2D eigenvalue weighted by Gasteiger charge is 2.34. The summed E-state index contributed by atoms with van der Waals surface area (Å²) < 4.78 is 5.37. The fourth-order valence-corrected chi connectivity index (χ4v) is 4.15. The Bertz CT molecular complexity index is 671. The van der Waals surface area contributed by atoms with Crippen molar-refractivity contribution in [2.45, 2.75) is 45.4 Å². The van der Waals surface area contributed by atoms with Gasteiger partial charge in [0.05, 0.1) is 30.9 Å². The van der Waals surface area contributed by atoms with E-state index < -0.39 is 0 Å². The lowest BCUT2D eigenvalue weighted by molar-refractivity contribution is -0.161. The molecule has 0 unspecified atom stereocenters. The fraction of sp³-hybridized carbons (Fsp3) is 0.667. The number of benzene rings is 1. The van der Waals surface area contributed by atoms with Crippen molar-refractivity contribution in [3.8, 4) is 0 Å². The van der Waals surface area contributed by atoms with Gasteiger partial charge in [-0.05, 0) is 25.0 Å².